The molecule has 28 heavy (non-hydrogen) atoms. The highest BCUT2D eigenvalue weighted by Crippen LogP contribution is 2.13. The van der Waals surface area contributed by atoms with Crippen molar-refractivity contribution in [2.45, 2.75) is 136 Å². The van der Waals surface area contributed by atoms with Gasteiger partial charge in [0.1, 0.15) is 6.04 Å². The molecule has 0 heterocycles. The van der Waals surface area contributed by atoms with Gasteiger partial charge in [-0.25, -0.2) is 4.79 Å². The number of carbonyl (C=O) groups is 2. The highest BCUT2D eigenvalue weighted by Gasteiger charge is 2.19. The van der Waals surface area contributed by atoms with Crippen LogP contribution in [0.5, 0.6) is 0 Å². The van der Waals surface area contributed by atoms with Crippen LogP contribution < -0.4 is 5.32 Å². The van der Waals surface area contributed by atoms with Crippen LogP contribution >= 0.6 is 0 Å². The molecule has 0 bridgehead atoms. The number of rotatable bonds is 20. The van der Waals surface area contributed by atoms with E-state index in [1.54, 1.807) is 0 Å². The minimum Gasteiger partial charge on any atom is -0.480 e. The van der Waals surface area contributed by atoms with E-state index in [1.807, 2.05) is 0 Å². The molecule has 0 aliphatic heterocycles. The van der Waals surface area contributed by atoms with Crippen molar-refractivity contribution in [1.29, 1.82) is 0 Å². The molecule has 1 amide bonds. The fourth-order valence-electron chi connectivity index (χ4n) is 3.56. The first-order valence-corrected chi connectivity index (χ1v) is 12.0. The van der Waals surface area contributed by atoms with Gasteiger partial charge < -0.3 is 10.4 Å². The smallest absolute Gasteiger partial charge is 0.326 e. The van der Waals surface area contributed by atoms with Crippen molar-refractivity contribution >= 4 is 11.9 Å². The normalized spacial score (nSPS) is 12.3. The molecule has 0 saturated heterocycles. The lowest BCUT2D eigenvalue weighted by Gasteiger charge is -2.15. The first kappa shape index (κ1) is 26.9. The van der Waals surface area contributed by atoms with Gasteiger partial charge in [-0.2, -0.15) is 0 Å². The summed E-state index contributed by atoms with van der Waals surface area (Å²) < 4.78 is 0. The number of carbonyl (C=O) groups excluding carboxylic acids is 1. The largest absolute Gasteiger partial charge is 0.480 e. The zero-order chi connectivity index (χ0) is 21.0. The van der Waals surface area contributed by atoms with Crippen LogP contribution in [-0.2, 0) is 9.59 Å². The molecular weight excluding hydrogens is 350 g/mol. The first-order chi connectivity index (χ1) is 13.5. The molecule has 0 aliphatic carbocycles. The summed E-state index contributed by atoms with van der Waals surface area (Å²) in [4.78, 5) is 23.3. The summed E-state index contributed by atoms with van der Waals surface area (Å²) in [6.07, 6.45) is 19.5. The van der Waals surface area contributed by atoms with Crippen LogP contribution in [0.3, 0.4) is 0 Å². The van der Waals surface area contributed by atoms with Gasteiger partial charge in [-0.05, 0) is 18.8 Å². The fraction of sp³-hybridized carbons (Fsp3) is 0.917. The van der Waals surface area contributed by atoms with Crippen LogP contribution in [0.25, 0.3) is 0 Å². The van der Waals surface area contributed by atoms with Crippen LogP contribution in [0, 0.1) is 5.92 Å². The van der Waals surface area contributed by atoms with E-state index in [1.165, 1.54) is 70.6 Å². The summed E-state index contributed by atoms with van der Waals surface area (Å²) in [5.41, 5.74) is 0. The minimum atomic E-state index is -0.914. The summed E-state index contributed by atoms with van der Waals surface area (Å²) in [5, 5.41) is 12.0. The summed E-state index contributed by atoms with van der Waals surface area (Å²) >= 11 is 0. The van der Waals surface area contributed by atoms with Crippen molar-refractivity contribution in [2.75, 3.05) is 0 Å². The van der Waals surface area contributed by atoms with Crippen molar-refractivity contribution < 1.29 is 14.7 Å². The first-order valence-electron chi connectivity index (χ1n) is 12.0. The molecule has 2 N–H and O–H groups in total. The molecule has 0 saturated carbocycles. The quantitative estimate of drug-likeness (QED) is 0.220. The highest BCUT2D eigenvalue weighted by molar-refractivity contribution is 5.83. The van der Waals surface area contributed by atoms with Crippen molar-refractivity contribution in [1.82, 2.24) is 5.32 Å². The maximum atomic E-state index is 12.0. The predicted molar refractivity (Wildman–Crippen MR) is 119 cm³/mol. The molecule has 1 unspecified atom stereocenters. The summed E-state index contributed by atoms with van der Waals surface area (Å²) in [6, 6.07) is -0.728. The van der Waals surface area contributed by atoms with E-state index in [2.05, 4.69) is 26.1 Å². The summed E-state index contributed by atoms with van der Waals surface area (Å²) in [5.74, 6) is -0.460. The lowest BCUT2D eigenvalue weighted by molar-refractivity contribution is -0.142. The highest BCUT2D eigenvalue weighted by atomic mass is 16.4. The monoisotopic (exact) mass is 397 g/mol. The Bertz CT molecular complexity index is 382. The third kappa shape index (κ3) is 18.3. The predicted octanol–water partition coefficient (Wildman–Crippen LogP) is 6.86. The zero-order valence-electron chi connectivity index (χ0n) is 18.9. The molecule has 0 radical (unpaired) electrons. The van der Waals surface area contributed by atoms with E-state index in [4.69, 9.17) is 0 Å². The average molecular weight is 398 g/mol. The van der Waals surface area contributed by atoms with E-state index in [0.717, 1.165) is 25.7 Å². The van der Waals surface area contributed by atoms with Crippen molar-refractivity contribution in [3.63, 3.8) is 0 Å². The molecule has 0 aliphatic rings. The molecular formula is C24H47NO3. The Balaban J connectivity index is 3.53. The molecule has 0 rings (SSSR count). The molecule has 0 fully saturated rings. The molecule has 4 heteroatoms. The standard InChI is InChI=1S/C24H47NO3/c1-4-5-6-7-8-9-10-11-12-13-14-15-16-20-23(26)25-22(24(27)28)19-17-18-21(2)3/h21-22H,4-20H2,1-3H3,(H,25,26)(H,27,28). The third-order valence-corrected chi connectivity index (χ3v) is 5.41. The second-order valence-electron chi connectivity index (χ2n) is 8.78. The minimum absolute atomic E-state index is 0.111. The molecule has 166 valence electrons. The Kier molecular flexibility index (Phi) is 18.5. The molecule has 4 nitrogen and oxygen atoms in total. The van der Waals surface area contributed by atoms with Gasteiger partial charge in [-0.3, -0.25) is 4.79 Å². The Morgan fingerprint density at radius 1 is 0.714 bits per heavy atom. The van der Waals surface area contributed by atoms with Gasteiger partial charge in [0, 0.05) is 6.42 Å². The van der Waals surface area contributed by atoms with Crippen molar-refractivity contribution in [2.24, 2.45) is 5.92 Å². The van der Waals surface area contributed by atoms with Gasteiger partial charge in [-0.1, -0.05) is 111 Å². The van der Waals surface area contributed by atoms with E-state index in [0.29, 0.717) is 18.8 Å². The zero-order valence-corrected chi connectivity index (χ0v) is 18.9. The van der Waals surface area contributed by atoms with Crippen LogP contribution in [0.2, 0.25) is 0 Å². The molecule has 1 atom stereocenters. The second kappa shape index (κ2) is 19.3. The number of aliphatic carboxylic acids is 1. The van der Waals surface area contributed by atoms with Crippen molar-refractivity contribution in [3.8, 4) is 0 Å². The molecule has 0 spiro atoms. The Morgan fingerprint density at radius 2 is 1.18 bits per heavy atom. The number of amides is 1. The summed E-state index contributed by atoms with van der Waals surface area (Å²) in [6.45, 7) is 6.51. The van der Waals surface area contributed by atoms with Crippen LogP contribution in [0.1, 0.15) is 130 Å². The van der Waals surface area contributed by atoms with Crippen LogP contribution in [0.15, 0.2) is 0 Å². The van der Waals surface area contributed by atoms with Crippen LogP contribution in [0.4, 0.5) is 0 Å². The maximum absolute atomic E-state index is 12.0. The van der Waals surface area contributed by atoms with Gasteiger partial charge in [0.25, 0.3) is 0 Å². The topological polar surface area (TPSA) is 66.4 Å². The fourth-order valence-corrected chi connectivity index (χ4v) is 3.56. The van der Waals surface area contributed by atoms with Crippen LogP contribution in [-0.4, -0.2) is 23.0 Å². The average Bonchev–Trinajstić information content (AvgIpc) is 2.64. The Labute approximate surface area is 174 Å². The molecule has 0 aromatic carbocycles. The maximum Gasteiger partial charge on any atom is 0.326 e. The van der Waals surface area contributed by atoms with Gasteiger partial charge in [0.05, 0.1) is 0 Å². The lowest BCUT2D eigenvalue weighted by Crippen LogP contribution is -2.40. The number of hydrogen-bond donors (Lipinski definition) is 2. The number of carboxylic acids is 1. The van der Waals surface area contributed by atoms with Gasteiger partial charge in [-0.15, -0.1) is 0 Å². The van der Waals surface area contributed by atoms with Gasteiger partial charge in [0.15, 0.2) is 0 Å². The number of nitrogens with one attached hydrogen (secondary N) is 1. The SMILES string of the molecule is CCCCCCCCCCCCCCCC(=O)NC(CCCC(C)C)C(=O)O. The number of hydrogen-bond acceptors (Lipinski definition) is 2. The second-order valence-corrected chi connectivity index (χ2v) is 8.78. The summed E-state index contributed by atoms with van der Waals surface area (Å²) in [7, 11) is 0. The van der Waals surface area contributed by atoms with Gasteiger partial charge in [0.2, 0.25) is 5.91 Å². The third-order valence-electron chi connectivity index (χ3n) is 5.41. The Hall–Kier alpha value is -1.06. The molecule has 0 aromatic rings. The van der Waals surface area contributed by atoms with E-state index >= 15 is 0 Å². The number of unbranched alkanes of at least 4 members (excludes halogenated alkanes) is 12. The number of carboxylic acid groups (broad SMARTS) is 1. The van der Waals surface area contributed by atoms with E-state index < -0.39 is 12.0 Å². The van der Waals surface area contributed by atoms with Gasteiger partial charge >= 0.3 is 5.97 Å². The lowest BCUT2D eigenvalue weighted by atomic mass is 10.0. The molecule has 0 aromatic heterocycles. The van der Waals surface area contributed by atoms with E-state index in [-0.39, 0.29) is 5.91 Å². The van der Waals surface area contributed by atoms with E-state index in [9.17, 15) is 14.7 Å². The van der Waals surface area contributed by atoms with Crippen molar-refractivity contribution in [3.05, 3.63) is 0 Å². The Morgan fingerprint density at radius 3 is 1.61 bits per heavy atom.